The predicted octanol–water partition coefficient (Wildman–Crippen LogP) is 3.25. The maximum atomic E-state index is 12.3. The van der Waals surface area contributed by atoms with Gasteiger partial charge in [0.15, 0.2) is 0 Å². The highest BCUT2D eigenvalue weighted by Gasteiger charge is 2.33. The average Bonchev–Trinajstić information content (AvgIpc) is 2.86. The molecule has 0 aliphatic carbocycles. The summed E-state index contributed by atoms with van der Waals surface area (Å²) in [7, 11) is 0. The normalized spacial score (nSPS) is 19.2. The lowest BCUT2D eigenvalue weighted by molar-refractivity contribution is 0.0224. The molecule has 1 amide bonds. The Balaban J connectivity index is 2.16. The molecule has 1 N–H and O–H groups in total. The molecule has 0 radical (unpaired) electrons. The van der Waals surface area contributed by atoms with Crippen LogP contribution in [0.2, 0.25) is 0 Å². The molecule has 2 rings (SSSR count). The summed E-state index contributed by atoms with van der Waals surface area (Å²) in [6.07, 6.45) is 1.66. The van der Waals surface area contributed by atoms with Crippen LogP contribution >= 0.6 is 0 Å². The maximum absolute atomic E-state index is 12.3. The smallest absolute Gasteiger partial charge is 0.410 e. The van der Waals surface area contributed by atoms with Crippen LogP contribution in [0.25, 0.3) is 0 Å². The maximum Gasteiger partial charge on any atom is 0.410 e. The summed E-state index contributed by atoms with van der Waals surface area (Å²) in [6, 6.07) is 7.83. The van der Waals surface area contributed by atoms with Crippen LogP contribution in [0.15, 0.2) is 24.3 Å². The molecule has 1 aliphatic heterocycles. The van der Waals surface area contributed by atoms with Gasteiger partial charge in [-0.1, -0.05) is 24.3 Å². The lowest BCUT2D eigenvalue weighted by atomic mass is 10.0. The van der Waals surface area contributed by atoms with Gasteiger partial charge in [-0.15, -0.1) is 0 Å². The summed E-state index contributed by atoms with van der Waals surface area (Å²) in [6.45, 7) is 6.38. The second kappa shape index (κ2) is 5.83. The van der Waals surface area contributed by atoms with Crippen LogP contribution in [-0.2, 0) is 11.3 Å². The molecule has 1 aliphatic rings. The summed E-state index contributed by atoms with van der Waals surface area (Å²) in [5.41, 5.74) is 1.47. The standard InChI is InChI=1S/C16H23NO3/c1-16(2,3)20-15(19)17-9-5-8-14(17)13-7-4-6-12(10-13)11-18/h4,6-7,10,14,18H,5,8-9,11H2,1-3H3. The molecule has 0 saturated carbocycles. The first-order chi connectivity index (χ1) is 9.40. The van der Waals surface area contributed by atoms with Gasteiger partial charge in [-0.3, -0.25) is 0 Å². The zero-order valence-electron chi connectivity index (χ0n) is 12.4. The van der Waals surface area contributed by atoms with E-state index in [1.807, 2.05) is 45.0 Å². The van der Waals surface area contributed by atoms with Gasteiger partial charge < -0.3 is 14.7 Å². The van der Waals surface area contributed by atoms with E-state index in [1.165, 1.54) is 0 Å². The number of likely N-dealkylation sites (tertiary alicyclic amines) is 1. The van der Waals surface area contributed by atoms with Gasteiger partial charge in [0.25, 0.3) is 0 Å². The van der Waals surface area contributed by atoms with E-state index >= 15 is 0 Å². The molecule has 0 bridgehead atoms. The Bertz CT molecular complexity index is 479. The molecule has 20 heavy (non-hydrogen) atoms. The van der Waals surface area contributed by atoms with Crippen molar-refractivity contribution < 1.29 is 14.6 Å². The zero-order valence-corrected chi connectivity index (χ0v) is 12.4. The topological polar surface area (TPSA) is 49.8 Å². The van der Waals surface area contributed by atoms with Crippen LogP contribution in [0, 0.1) is 0 Å². The summed E-state index contributed by atoms with van der Waals surface area (Å²) in [5, 5.41) is 9.23. The van der Waals surface area contributed by atoms with Crippen LogP contribution in [0.3, 0.4) is 0 Å². The van der Waals surface area contributed by atoms with E-state index in [1.54, 1.807) is 4.90 Å². The van der Waals surface area contributed by atoms with E-state index in [4.69, 9.17) is 4.74 Å². The third-order valence-electron chi connectivity index (χ3n) is 3.40. The molecule has 1 saturated heterocycles. The molecule has 1 unspecified atom stereocenters. The first-order valence-electron chi connectivity index (χ1n) is 7.10. The van der Waals surface area contributed by atoms with E-state index in [9.17, 15) is 9.90 Å². The molecule has 4 heteroatoms. The third-order valence-corrected chi connectivity index (χ3v) is 3.40. The quantitative estimate of drug-likeness (QED) is 0.902. The Morgan fingerprint density at radius 3 is 2.85 bits per heavy atom. The van der Waals surface area contributed by atoms with Gasteiger partial charge >= 0.3 is 6.09 Å². The van der Waals surface area contributed by atoms with Crippen molar-refractivity contribution in [3.8, 4) is 0 Å². The Hall–Kier alpha value is -1.55. The van der Waals surface area contributed by atoms with Gasteiger partial charge in [-0.05, 0) is 44.7 Å². The highest BCUT2D eigenvalue weighted by Crippen LogP contribution is 2.33. The first-order valence-corrected chi connectivity index (χ1v) is 7.10. The van der Waals surface area contributed by atoms with Crippen molar-refractivity contribution in [1.29, 1.82) is 0 Å². The molecule has 1 fully saturated rings. The minimum absolute atomic E-state index is 0.0208. The molecular weight excluding hydrogens is 254 g/mol. The van der Waals surface area contributed by atoms with Gasteiger partial charge in [0.05, 0.1) is 12.6 Å². The summed E-state index contributed by atoms with van der Waals surface area (Å²) >= 11 is 0. The molecule has 110 valence electrons. The monoisotopic (exact) mass is 277 g/mol. The first kappa shape index (κ1) is 14.9. The molecule has 1 heterocycles. The number of aliphatic hydroxyl groups excluding tert-OH is 1. The second-order valence-electron chi connectivity index (χ2n) is 6.23. The van der Waals surface area contributed by atoms with Crippen molar-refractivity contribution in [2.75, 3.05) is 6.54 Å². The zero-order chi connectivity index (χ0) is 14.8. The SMILES string of the molecule is CC(C)(C)OC(=O)N1CCCC1c1cccc(CO)c1. The van der Waals surface area contributed by atoms with Crippen molar-refractivity contribution >= 4 is 6.09 Å². The average molecular weight is 277 g/mol. The summed E-state index contributed by atoms with van der Waals surface area (Å²) in [4.78, 5) is 14.0. The van der Waals surface area contributed by atoms with E-state index in [-0.39, 0.29) is 18.7 Å². The van der Waals surface area contributed by atoms with E-state index in [2.05, 4.69) is 0 Å². The number of rotatable bonds is 2. The highest BCUT2D eigenvalue weighted by atomic mass is 16.6. The largest absolute Gasteiger partial charge is 0.444 e. The van der Waals surface area contributed by atoms with Gasteiger partial charge in [-0.2, -0.15) is 0 Å². The van der Waals surface area contributed by atoms with Crippen molar-refractivity contribution in [3.05, 3.63) is 35.4 Å². The van der Waals surface area contributed by atoms with Crippen molar-refractivity contribution in [2.45, 2.75) is 51.9 Å². The number of benzene rings is 1. The van der Waals surface area contributed by atoms with Crippen molar-refractivity contribution in [2.24, 2.45) is 0 Å². The number of aliphatic hydroxyl groups is 1. The number of carbonyl (C=O) groups is 1. The number of ether oxygens (including phenoxy) is 1. The van der Waals surface area contributed by atoms with Gasteiger partial charge in [0, 0.05) is 6.54 Å². The Labute approximate surface area is 120 Å². The van der Waals surface area contributed by atoms with Crippen LogP contribution in [0.4, 0.5) is 4.79 Å². The second-order valence-corrected chi connectivity index (χ2v) is 6.23. The molecule has 1 atom stereocenters. The number of nitrogens with zero attached hydrogens (tertiary/aromatic N) is 1. The number of carbonyl (C=O) groups excluding carboxylic acids is 1. The summed E-state index contributed by atoms with van der Waals surface area (Å²) < 4.78 is 5.47. The lowest BCUT2D eigenvalue weighted by Crippen LogP contribution is -2.36. The van der Waals surface area contributed by atoms with Crippen LogP contribution in [-0.4, -0.2) is 28.2 Å². The lowest BCUT2D eigenvalue weighted by Gasteiger charge is -2.29. The molecule has 0 aromatic heterocycles. The van der Waals surface area contributed by atoms with Gasteiger partial charge in [0.2, 0.25) is 0 Å². The van der Waals surface area contributed by atoms with Gasteiger partial charge in [-0.25, -0.2) is 4.79 Å². The Morgan fingerprint density at radius 2 is 2.20 bits per heavy atom. The van der Waals surface area contributed by atoms with E-state index < -0.39 is 5.60 Å². The van der Waals surface area contributed by atoms with Crippen LogP contribution < -0.4 is 0 Å². The molecule has 1 aromatic rings. The fourth-order valence-corrected chi connectivity index (χ4v) is 2.55. The van der Waals surface area contributed by atoms with E-state index in [0.29, 0.717) is 0 Å². The number of hydrogen-bond acceptors (Lipinski definition) is 3. The van der Waals surface area contributed by atoms with Crippen molar-refractivity contribution in [3.63, 3.8) is 0 Å². The highest BCUT2D eigenvalue weighted by molar-refractivity contribution is 5.69. The third kappa shape index (κ3) is 3.51. The minimum atomic E-state index is -0.475. The molecular formula is C16H23NO3. The fraction of sp³-hybridized carbons (Fsp3) is 0.562. The van der Waals surface area contributed by atoms with Crippen molar-refractivity contribution in [1.82, 2.24) is 4.90 Å². The number of amides is 1. The Morgan fingerprint density at radius 1 is 1.45 bits per heavy atom. The molecule has 1 aromatic carbocycles. The Kier molecular flexibility index (Phi) is 4.33. The summed E-state index contributed by atoms with van der Waals surface area (Å²) in [5.74, 6) is 0. The fourth-order valence-electron chi connectivity index (χ4n) is 2.55. The van der Waals surface area contributed by atoms with Crippen LogP contribution in [0.5, 0.6) is 0 Å². The minimum Gasteiger partial charge on any atom is -0.444 e. The molecule has 4 nitrogen and oxygen atoms in total. The van der Waals surface area contributed by atoms with Gasteiger partial charge in [0.1, 0.15) is 5.60 Å². The molecule has 0 spiro atoms. The number of hydrogen-bond donors (Lipinski definition) is 1. The predicted molar refractivity (Wildman–Crippen MR) is 77.3 cm³/mol. The van der Waals surface area contributed by atoms with Crippen LogP contribution in [0.1, 0.15) is 50.8 Å². The van der Waals surface area contributed by atoms with E-state index in [0.717, 1.165) is 30.5 Å².